The quantitative estimate of drug-likeness (QED) is 0.744. The minimum Gasteiger partial charge on any atom is -0.487 e. The van der Waals surface area contributed by atoms with Gasteiger partial charge in [-0.15, -0.1) is 0 Å². The molecule has 0 bridgehead atoms. The number of nitrogens with two attached hydrogens (primary N) is 1. The molecule has 0 fully saturated rings. The molecule has 1 aromatic carbocycles. The Morgan fingerprint density at radius 3 is 2.18 bits per heavy atom. The van der Waals surface area contributed by atoms with Gasteiger partial charge in [0.15, 0.2) is 0 Å². The highest BCUT2D eigenvalue weighted by Crippen LogP contribution is 2.15. The number of benzene rings is 1. The van der Waals surface area contributed by atoms with Gasteiger partial charge in [-0.05, 0) is 48.6 Å². The maximum atomic E-state index is 9.61. The van der Waals surface area contributed by atoms with Crippen LogP contribution in [-0.2, 0) is 6.54 Å². The maximum Gasteiger partial charge on any atom is 0.262 e. The van der Waals surface area contributed by atoms with Crippen molar-refractivity contribution in [2.24, 2.45) is 5.73 Å². The van der Waals surface area contributed by atoms with Gasteiger partial charge >= 0.3 is 0 Å². The van der Waals surface area contributed by atoms with Gasteiger partial charge < -0.3 is 15.9 Å². The van der Waals surface area contributed by atoms with Gasteiger partial charge in [0.2, 0.25) is 0 Å². The summed E-state index contributed by atoms with van der Waals surface area (Å²) in [6.07, 6.45) is 1.76. The van der Waals surface area contributed by atoms with Crippen molar-refractivity contribution in [3.8, 4) is 0 Å². The number of aromatic nitrogens is 1. The van der Waals surface area contributed by atoms with Gasteiger partial charge in [0.1, 0.15) is 5.82 Å². The Kier molecular flexibility index (Phi) is 7.21. The fourth-order valence-corrected chi connectivity index (χ4v) is 1.79. The third kappa shape index (κ3) is 6.47. The van der Waals surface area contributed by atoms with Crippen molar-refractivity contribution < 1.29 is 10.2 Å². The highest BCUT2D eigenvalue weighted by atomic mass is 32.1. The molecule has 0 unspecified atom stereocenters. The highest BCUT2D eigenvalue weighted by Gasteiger charge is 2.12. The topological polar surface area (TPSA) is 82.6 Å². The molecule has 5 nitrogen and oxygen atoms in total. The number of aliphatic hydroxyl groups is 2. The van der Waals surface area contributed by atoms with Crippen molar-refractivity contribution in [2.45, 2.75) is 13.5 Å². The Bertz CT molecular complexity index is 614. The lowest BCUT2D eigenvalue weighted by Crippen LogP contribution is -2.29. The van der Waals surface area contributed by atoms with Gasteiger partial charge in [0.25, 0.3) is 10.3 Å². The molecule has 0 aliphatic carbocycles. The Hall–Kier alpha value is -2.25. The normalized spacial score (nSPS) is 9.32. The molecule has 22 heavy (non-hydrogen) atoms. The second-order valence-corrected chi connectivity index (χ2v) is 5.17. The minimum atomic E-state index is -0.500. The number of anilines is 1. The fraction of sp³-hybridized carbons (Fsp3) is 0.133. The summed E-state index contributed by atoms with van der Waals surface area (Å²) >= 11 is 8.74. The molecule has 0 radical (unpaired) electrons. The first-order valence-corrected chi connectivity index (χ1v) is 7.17. The number of nitrogens with zero attached hydrogens (tertiary/aromatic N) is 2. The van der Waals surface area contributed by atoms with E-state index in [0.29, 0.717) is 12.4 Å². The summed E-state index contributed by atoms with van der Waals surface area (Å²) in [7, 11) is 0. The summed E-state index contributed by atoms with van der Waals surface area (Å²) in [6, 6.07) is 13.6. The van der Waals surface area contributed by atoms with E-state index >= 15 is 0 Å². The molecule has 2 rings (SSSR count). The van der Waals surface area contributed by atoms with E-state index in [1.165, 1.54) is 0 Å². The van der Waals surface area contributed by atoms with E-state index in [-0.39, 0.29) is 5.17 Å². The van der Waals surface area contributed by atoms with Crippen LogP contribution in [0.1, 0.15) is 11.1 Å². The van der Waals surface area contributed by atoms with E-state index in [2.05, 4.69) is 22.9 Å². The van der Waals surface area contributed by atoms with Crippen LogP contribution in [0.3, 0.4) is 0 Å². The van der Waals surface area contributed by atoms with Crippen LogP contribution >= 0.6 is 24.4 Å². The van der Waals surface area contributed by atoms with E-state index in [1.807, 2.05) is 49.4 Å². The smallest absolute Gasteiger partial charge is 0.262 e. The molecule has 0 saturated heterocycles. The third-order valence-electron chi connectivity index (χ3n) is 2.59. The summed E-state index contributed by atoms with van der Waals surface area (Å²) in [5.41, 5.74) is 6.54. The van der Waals surface area contributed by atoms with Crippen LogP contribution in [0.15, 0.2) is 48.7 Å². The van der Waals surface area contributed by atoms with E-state index in [4.69, 9.17) is 17.3 Å². The second-order valence-electron chi connectivity index (χ2n) is 4.39. The zero-order chi connectivity index (χ0) is 16.5. The fourth-order valence-electron chi connectivity index (χ4n) is 1.63. The molecule has 0 amide bonds. The van der Waals surface area contributed by atoms with E-state index in [0.717, 1.165) is 11.1 Å². The minimum absolute atomic E-state index is 0.171. The van der Waals surface area contributed by atoms with Crippen molar-refractivity contribution in [3.05, 3.63) is 59.8 Å². The third-order valence-corrected chi connectivity index (χ3v) is 2.81. The van der Waals surface area contributed by atoms with Gasteiger partial charge in [0.05, 0.1) is 6.54 Å². The van der Waals surface area contributed by atoms with Crippen LogP contribution < -0.4 is 10.6 Å². The van der Waals surface area contributed by atoms with Crippen molar-refractivity contribution in [1.29, 1.82) is 0 Å². The number of aryl methyl sites for hydroxylation is 1. The number of hydrogen-bond acceptors (Lipinski definition) is 3. The molecular weight excluding hydrogens is 318 g/mol. The van der Waals surface area contributed by atoms with Crippen LogP contribution in [0.2, 0.25) is 0 Å². The lowest BCUT2D eigenvalue weighted by Gasteiger charge is -2.20. The largest absolute Gasteiger partial charge is 0.487 e. The van der Waals surface area contributed by atoms with Crippen molar-refractivity contribution in [3.63, 3.8) is 0 Å². The monoisotopic (exact) mass is 335 g/mol. The van der Waals surface area contributed by atoms with Crippen molar-refractivity contribution in [2.75, 3.05) is 4.90 Å². The highest BCUT2D eigenvalue weighted by molar-refractivity contribution is 7.80. The first-order chi connectivity index (χ1) is 10.4. The van der Waals surface area contributed by atoms with Gasteiger partial charge in [-0.1, -0.05) is 36.4 Å². The van der Waals surface area contributed by atoms with Gasteiger partial charge in [-0.25, -0.2) is 4.98 Å². The summed E-state index contributed by atoms with van der Waals surface area (Å²) in [5, 5.41) is 16.5. The molecule has 116 valence electrons. The average molecular weight is 335 g/mol. The molecule has 1 heterocycles. The SMILES string of the molecule is Cc1ccc(N(Cc2ccccc2)C(O)=S)nc1.NC(O)=S. The Labute approximate surface area is 140 Å². The van der Waals surface area contributed by atoms with Crippen molar-refractivity contribution in [1.82, 2.24) is 4.98 Å². The lowest BCUT2D eigenvalue weighted by molar-refractivity contribution is 0.546. The second kappa shape index (κ2) is 8.91. The van der Waals surface area contributed by atoms with E-state index < -0.39 is 5.17 Å². The number of aliphatic hydroxyl groups excluding tert-OH is 2. The van der Waals surface area contributed by atoms with Crippen LogP contribution in [0, 0.1) is 6.92 Å². The molecule has 0 aliphatic heterocycles. The molecule has 0 atom stereocenters. The zero-order valence-electron chi connectivity index (χ0n) is 12.0. The zero-order valence-corrected chi connectivity index (χ0v) is 13.6. The van der Waals surface area contributed by atoms with Crippen LogP contribution in [0.25, 0.3) is 0 Å². The van der Waals surface area contributed by atoms with Crippen LogP contribution in [0.5, 0.6) is 0 Å². The summed E-state index contributed by atoms with van der Waals surface area (Å²) in [5.74, 6) is 0.650. The first kappa shape index (κ1) is 17.8. The number of pyridine rings is 1. The molecule has 7 heteroatoms. The predicted molar refractivity (Wildman–Crippen MR) is 96.2 cm³/mol. The van der Waals surface area contributed by atoms with E-state index in [9.17, 15) is 5.11 Å². The lowest BCUT2D eigenvalue weighted by atomic mass is 10.2. The Balaban J connectivity index is 0.000000541. The standard InChI is InChI=1S/C14H14N2OS.CH3NOS/c1-11-7-8-13(15-9-11)16(14(17)18)10-12-5-3-2-4-6-12;2-1(3)4/h2-9H,10H2,1H3,(H,17,18);(H3,2,3,4). The molecular formula is C15H17N3O2S2. The van der Waals surface area contributed by atoms with Gasteiger partial charge in [-0.2, -0.15) is 0 Å². The first-order valence-electron chi connectivity index (χ1n) is 6.35. The Morgan fingerprint density at radius 2 is 1.73 bits per heavy atom. The molecule has 0 saturated carbocycles. The van der Waals surface area contributed by atoms with Crippen LogP contribution in [0.4, 0.5) is 5.82 Å². The number of hydrogen-bond donors (Lipinski definition) is 3. The number of rotatable bonds is 3. The molecule has 4 N–H and O–H groups in total. The summed E-state index contributed by atoms with van der Waals surface area (Å²) in [4.78, 5) is 5.88. The Morgan fingerprint density at radius 1 is 1.14 bits per heavy atom. The van der Waals surface area contributed by atoms with Crippen molar-refractivity contribution >= 4 is 40.6 Å². The molecule has 0 aliphatic rings. The summed E-state index contributed by atoms with van der Waals surface area (Å²) < 4.78 is 0. The van der Waals surface area contributed by atoms with Gasteiger partial charge in [-0.3, -0.25) is 4.90 Å². The molecule has 2 aromatic rings. The van der Waals surface area contributed by atoms with E-state index in [1.54, 1.807) is 11.1 Å². The average Bonchev–Trinajstić information content (AvgIpc) is 2.46. The molecule has 1 aromatic heterocycles. The number of thiocarbonyl (C=S) groups is 2. The maximum absolute atomic E-state index is 9.61. The molecule has 0 spiro atoms. The van der Waals surface area contributed by atoms with Crippen LogP contribution in [-0.4, -0.2) is 25.5 Å². The summed E-state index contributed by atoms with van der Waals surface area (Å²) in [6.45, 7) is 2.47. The van der Waals surface area contributed by atoms with Gasteiger partial charge in [0, 0.05) is 6.20 Å². The predicted octanol–water partition coefficient (Wildman–Crippen LogP) is 3.03.